The van der Waals surface area contributed by atoms with Crippen molar-refractivity contribution >= 4 is 10.1 Å². The summed E-state index contributed by atoms with van der Waals surface area (Å²) in [6.45, 7) is 2.14. The standard InChI is InChI=1S/C19H24O5S.K/c1-2-3-4-5-6-9-15-14-16(25(21,22)23)12-13-18(15)24-19-11-8-7-10-17(19)20;/h7-8,10-14,20H,2-6,9H2,1H3,(H,21,22,23);/q;+1/p-1. The van der Waals surface area contributed by atoms with E-state index in [1.807, 2.05) is 0 Å². The Morgan fingerprint density at radius 1 is 1.00 bits per heavy atom. The van der Waals surface area contributed by atoms with Crippen LogP contribution in [-0.2, 0) is 16.5 Å². The van der Waals surface area contributed by atoms with Crippen molar-refractivity contribution in [1.29, 1.82) is 0 Å². The molecular formula is C19H23KO5S. The fourth-order valence-corrected chi connectivity index (χ4v) is 3.11. The molecule has 136 valence electrons. The molecular weight excluding hydrogens is 379 g/mol. The smallest absolute Gasteiger partial charge is 0.870 e. The van der Waals surface area contributed by atoms with Crippen molar-refractivity contribution in [3.05, 3.63) is 48.0 Å². The van der Waals surface area contributed by atoms with Crippen molar-refractivity contribution < 1.29 is 74.2 Å². The van der Waals surface area contributed by atoms with E-state index in [1.165, 1.54) is 24.3 Å². The van der Waals surface area contributed by atoms with Gasteiger partial charge in [-0.25, -0.2) is 0 Å². The van der Waals surface area contributed by atoms with E-state index in [0.29, 0.717) is 17.7 Å². The molecule has 0 saturated heterocycles. The van der Waals surface area contributed by atoms with Gasteiger partial charge >= 0.3 is 51.4 Å². The fourth-order valence-electron chi connectivity index (χ4n) is 2.58. The summed E-state index contributed by atoms with van der Waals surface area (Å²) in [6.07, 6.45) is 5.95. The van der Waals surface area contributed by atoms with Gasteiger partial charge in [-0.05, 0) is 42.7 Å². The van der Waals surface area contributed by atoms with Gasteiger partial charge in [0.05, 0.1) is 4.90 Å². The predicted octanol–water partition coefficient (Wildman–Crippen LogP) is 1.32. The molecule has 0 aliphatic heterocycles. The van der Waals surface area contributed by atoms with Gasteiger partial charge in [-0.1, -0.05) is 56.6 Å². The maximum Gasteiger partial charge on any atom is 1.00 e. The summed E-state index contributed by atoms with van der Waals surface area (Å²) < 4.78 is 37.7. The van der Waals surface area contributed by atoms with Crippen LogP contribution < -0.4 is 61.2 Å². The molecule has 2 aromatic carbocycles. The molecule has 7 heteroatoms. The summed E-state index contributed by atoms with van der Waals surface area (Å²) in [4.78, 5) is -0.168. The monoisotopic (exact) mass is 402 g/mol. The number of aryl methyl sites for hydroxylation is 1. The minimum Gasteiger partial charge on any atom is -0.870 e. The van der Waals surface area contributed by atoms with E-state index in [-0.39, 0.29) is 67.8 Å². The Kier molecular flexibility index (Phi) is 10.4. The molecule has 0 heterocycles. The first-order chi connectivity index (χ1) is 11.9. The number of para-hydroxylation sites is 2. The van der Waals surface area contributed by atoms with Crippen LogP contribution in [0.3, 0.4) is 0 Å². The van der Waals surface area contributed by atoms with Gasteiger partial charge in [0.1, 0.15) is 11.5 Å². The van der Waals surface area contributed by atoms with Crippen LogP contribution in [0.15, 0.2) is 47.4 Å². The number of hydrogen-bond donors (Lipinski definition) is 1. The summed E-state index contributed by atoms with van der Waals surface area (Å²) in [5, 5.41) is 11.8. The van der Waals surface area contributed by atoms with Gasteiger partial charge in [0.15, 0.2) is 0 Å². The third-order valence-corrected chi connectivity index (χ3v) is 4.80. The number of rotatable bonds is 9. The van der Waals surface area contributed by atoms with Crippen LogP contribution >= 0.6 is 0 Å². The minimum absolute atomic E-state index is 0. The predicted molar refractivity (Wildman–Crippen MR) is 94.7 cm³/mol. The van der Waals surface area contributed by atoms with E-state index in [0.717, 1.165) is 32.1 Å². The molecule has 0 radical (unpaired) electrons. The topological polar surface area (TPSA) is 86.7 Å². The fraction of sp³-hybridized carbons (Fsp3) is 0.368. The molecule has 0 saturated carbocycles. The van der Waals surface area contributed by atoms with Crippen LogP contribution in [-0.4, -0.2) is 13.0 Å². The Morgan fingerprint density at radius 2 is 1.69 bits per heavy atom. The average Bonchev–Trinajstić information content (AvgIpc) is 2.57. The third-order valence-electron chi connectivity index (χ3n) is 3.95. The normalized spacial score (nSPS) is 11.0. The molecule has 0 aromatic heterocycles. The number of unbranched alkanes of at least 4 members (excludes halogenated alkanes) is 4. The zero-order valence-corrected chi connectivity index (χ0v) is 19.2. The Morgan fingerprint density at radius 3 is 2.35 bits per heavy atom. The average molecular weight is 403 g/mol. The first-order valence-electron chi connectivity index (χ1n) is 8.46. The van der Waals surface area contributed by atoms with Gasteiger partial charge in [-0.15, -0.1) is 0 Å². The van der Waals surface area contributed by atoms with Crippen LogP contribution in [0, 0.1) is 0 Å². The van der Waals surface area contributed by atoms with E-state index in [4.69, 9.17) is 4.74 Å². The van der Waals surface area contributed by atoms with Gasteiger partial charge in [0, 0.05) is 0 Å². The zero-order chi connectivity index (χ0) is 18.3. The van der Waals surface area contributed by atoms with Gasteiger partial charge in [0.25, 0.3) is 10.1 Å². The van der Waals surface area contributed by atoms with E-state index < -0.39 is 10.1 Å². The zero-order valence-electron chi connectivity index (χ0n) is 15.3. The quantitative estimate of drug-likeness (QED) is 0.388. The Labute approximate surface area is 198 Å². The van der Waals surface area contributed by atoms with E-state index >= 15 is 0 Å². The molecule has 0 atom stereocenters. The molecule has 1 N–H and O–H groups in total. The summed E-state index contributed by atoms with van der Waals surface area (Å²) in [5.74, 6) is 0.385. The molecule has 0 unspecified atom stereocenters. The van der Waals surface area contributed by atoms with E-state index in [9.17, 15) is 18.1 Å². The maximum absolute atomic E-state index is 11.8. The van der Waals surface area contributed by atoms with Crippen molar-refractivity contribution in [1.82, 2.24) is 0 Å². The Balaban J connectivity index is 0.00000338. The van der Waals surface area contributed by atoms with Crippen molar-refractivity contribution in [2.45, 2.75) is 50.3 Å². The molecule has 0 amide bonds. The van der Waals surface area contributed by atoms with Crippen LogP contribution in [0.1, 0.15) is 44.6 Å². The van der Waals surface area contributed by atoms with Crippen molar-refractivity contribution in [3.8, 4) is 17.2 Å². The molecule has 26 heavy (non-hydrogen) atoms. The molecule has 2 rings (SSSR count). The molecule has 0 aliphatic carbocycles. The molecule has 5 nitrogen and oxygen atoms in total. The molecule has 0 spiro atoms. The summed E-state index contributed by atoms with van der Waals surface area (Å²) in [6, 6.07) is 10.5. The second-order valence-corrected chi connectivity index (χ2v) is 7.38. The number of benzene rings is 2. The maximum atomic E-state index is 11.8. The SMILES string of the molecule is CCCCCCCc1cc(S(=O)(=O)O)ccc1Oc1ccccc1[O-].[K+]. The van der Waals surface area contributed by atoms with Crippen LogP contribution in [0.25, 0.3) is 0 Å². The van der Waals surface area contributed by atoms with Gasteiger partial charge < -0.3 is 9.84 Å². The van der Waals surface area contributed by atoms with Crippen molar-refractivity contribution in [2.24, 2.45) is 0 Å². The summed E-state index contributed by atoms with van der Waals surface area (Å²) in [7, 11) is -4.28. The summed E-state index contributed by atoms with van der Waals surface area (Å²) >= 11 is 0. The Bertz CT molecular complexity index is 805. The molecule has 0 aliphatic rings. The molecule has 2 aromatic rings. The largest absolute Gasteiger partial charge is 1.00 e. The molecule has 0 fully saturated rings. The van der Waals surface area contributed by atoms with Crippen LogP contribution in [0.2, 0.25) is 0 Å². The van der Waals surface area contributed by atoms with E-state index in [2.05, 4.69) is 6.92 Å². The van der Waals surface area contributed by atoms with Crippen LogP contribution in [0.5, 0.6) is 17.2 Å². The number of ether oxygens (including phenoxy) is 1. The van der Waals surface area contributed by atoms with Crippen LogP contribution in [0.4, 0.5) is 0 Å². The first kappa shape index (κ1) is 23.6. The van der Waals surface area contributed by atoms with Crippen molar-refractivity contribution in [3.63, 3.8) is 0 Å². The van der Waals surface area contributed by atoms with Gasteiger partial charge in [-0.2, -0.15) is 8.42 Å². The second-order valence-electron chi connectivity index (χ2n) is 5.96. The van der Waals surface area contributed by atoms with Crippen molar-refractivity contribution in [2.75, 3.05) is 0 Å². The molecule has 0 bridgehead atoms. The van der Waals surface area contributed by atoms with E-state index in [1.54, 1.807) is 18.2 Å². The second kappa shape index (κ2) is 11.4. The number of hydrogen-bond acceptors (Lipinski definition) is 4. The van der Waals surface area contributed by atoms with Gasteiger partial charge in [0.2, 0.25) is 0 Å². The first-order valence-corrected chi connectivity index (χ1v) is 9.90. The summed E-state index contributed by atoms with van der Waals surface area (Å²) in [5.41, 5.74) is 0.662. The van der Waals surface area contributed by atoms with Gasteiger partial charge in [-0.3, -0.25) is 4.55 Å². The third kappa shape index (κ3) is 7.30. The Hall–Kier alpha value is -0.414. The minimum atomic E-state index is -4.28.